The number of benzene rings is 1. The average molecular weight is 245 g/mol. The molecule has 0 spiro atoms. The third-order valence-corrected chi connectivity index (χ3v) is 2.70. The maximum Gasteiger partial charge on any atom is 0.247 e. The van der Waals surface area contributed by atoms with Gasteiger partial charge in [-0.1, -0.05) is 17.7 Å². The van der Waals surface area contributed by atoms with Crippen LogP contribution in [0.2, 0.25) is 5.02 Å². The summed E-state index contributed by atoms with van der Waals surface area (Å²) in [5.41, 5.74) is 3.07. The van der Waals surface area contributed by atoms with E-state index < -0.39 is 0 Å². The van der Waals surface area contributed by atoms with Crippen LogP contribution in [0, 0.1) is 6.92 Å². The third-order valence-electron chi connectivity index (χ3n) is 2.47. The smallest absolute Gasteiger partial charge is 0.247 e. The minimum atomic E-state index is 0.542. The Bertz CT molecular complexity index is 691. The molecule has 0 N–H and O–H groups in total. The molecule has 1 aromatic carbocycles. The lowest BCUT2D eigenvalue weighted by Crippen LogP contribution is -1.78. The van der Waals surface area contributed by atoms with Gasteiger partial charge < -0.3 is 4.42 Å². The zero-order chi connectivity index (χ0) is 11.8. The van der Waals surface area contributed by atoms with Crippen molar-refractivity contribution in [2.75, 3.05) is 0 Å². The molecule has 0 fully saturated rings. The zero-order valence-electron chi connectivity index (χ0n) is 9.14. The lowest BCUT2D eigenvalue weighted by molar-refractivity contribution is 0.607. The van der Waals surface area contributed by atoms with Gasteiger partial charge in [0.15, 0.2) is 0 Å². The van der Waals surface area contributed by atoms with Gasteiger partial charge in [-0.15, -0.1) is 0 Å². The van der Waals surface area contributed by atoms with Crippen molar-refractivity contribution < 1.29 is 4.42 Å². The molecule has 3 aromatic rings. The molecule has 0 radical (unpaired) electrons. The number of hydrogen-bond acceptors (Lipinski definition) is 3. The summed E-state index contributed by atoms with van der Waals surface area (Å²) in [6.45, 7) is 1.92. The van der Waals surface area contributed by atoms with Gasteiger partial charge in [0.05, 0.1) is 0 Å². The van der Waals surface area contributed by atoms with Crippen molar-refractivity contribution in [3.63, 3.8) is 0 Å². The van der Waals surface area contributed by atoms with E-state index in [4.69, 9.17) is 16.0 Å². The normalized spacial score (nSPS) is 10.9. The van der Waals surface area contributed by atoms with E-state index in [0.717, 1.165) is 16.8 Å². The van der Waals surface area contributed by atoms with E-state index in [0.29, 0.717) is 16.6 Å². The number of nitrogens with zero attached hydrogens (tertiary/aromatic N) is 2. The first kappa shape index (κ1) is 10.3. The van der Waals surface area contributed by atoms with Gasteiger partial charge in [0.25, 0.3) is 0 Å². The van der Waals surface area contributed by atoms with E-state index in [1.54, 1.807) is 0 Å². The summed E-state index contributed by atoms with van der Waals surface area (Å²) in [6.07, 6.45) is 0. The molecular weight excluding hydrogens is 236 g/mol. The zero-order valence-corrected chi connectivity index (χ0v) is 9.90. The van der Waals surface area contributed by atoms with Gasteiger partial charge in [-0.3, -0.25) is 0 Å². The van der Waals surface area contributed by atoms with Gasteiger partial charge in [-0.25, -0.2) is 9.97 Å². The Morgan fingerprint density at radius 2 is 2.00 bits per heavy atom. The predicted octanol–water partition coefficient (Wildman–Crippen LogP) is 3.85. The topological polar surface area (TPSA) is 38.9 Å². The number of oxazole rings is 1. The molecule has 3 rings (SSSR count). The Morgan fingerprint density at radius 1 is 1.12 bits per heavy atom. The van der Waals surface area contributed by atoms with Crippen LogP contribution in [0.1, 0.15) is 5.69 Å². The summed E-state index contributed by atoms with van der Waals surface area (Å²) in [7, 11) is 0. The summed E-state index contributed by atoms with van der Waals surface area (Å²) in [6, 6.07) is 11.2. The summed E-state index contributed by atoms with van der Waals surface area (Å²) in [5, 5.41) is 0.661. The number of rotatable bonds is 1. The van der Waals surface area contributed by atoms with Gasteiger partial charge >= 0.3 is 0 Å². The fraction of sp³-hybridized carbons (Fsp3) is 0.0769. The Morgan fingerprint density at radius 3 is 2.82 bits per heavy atom. The van der Waals surface area contributed by atoms with Gasteiger partial charge in [0, 0.05) is 16.3 Å². The van der Waals surface area contributed by atoms with E-state index in [1.807, 2.05) is 43.3 Å². The molecule has 17 heavy (non-hydrogen) atoms. The molecule has 0 aliphatic carbocycles. The minimum absolute atomic E-state index is 0.542. The predicted molar refractivity (Wildman–Crippen MR) is 67.0 cm³/mol. The van der Waals surface area contributed by atoms with Crippen LogP contribution in [0.5, 0.6) is 0 Å². The van der Waals surface area contributed by atoms with E-state index >= 15 is 0 Å². The Kier molecular flexibility index (Phi) is 2.34. The Balaban J connectivity index is 2.18. The minimum Gasteiger partial charge on any atom is -0.418 e. The van der Waals surface area contributed by atoms with Crippen LogP contribution in [0.15, 0.2) is 40.8 Å². The largest absolute Gasteiger partial charge is 0.418 e. The third kappa shape index (κ3) is 1.89. The lowest BCUT2D eigenvalue weighted by Gasteiger charge is -1.94. The van der Waals surface area contributed by atoms with Crippen molar-refractivity contribution in [2.45, 2.75) is 6.92 Å². The van der Waals surface area contributed by atoms with Crippen LogP contribution in [-0.4, -0.2) is 9.97 Å². The maximum absolute atomic E-state index is 5.93. The summed E-state index contributed by atoms with van der Waals surface area (Å²) in [5.74, 6) is 0.542. The van der Waals surface area contributed by atoms with Crippen molar-refractivity contribution in [1.82, 2.24) is 9.97 Å². The fourth-order valence-corrected chi connectivity index (χ4v) is 1.84. The summed E-state index contributed by atoms with van der Waals surface area (Å²) >= 11 is 5.93. The highest BCUT2D eigenvalue weighted by atomic mass is 35.5. The van der Waals surface area contributed by atoms with Crippen LogP contribution in [0.25, 0.3) is 22.7 Å². The summed E-state index contributed by atoms with van der Waals surface area (Å²) < 4.78 is 5.61. The van der Waals surface area contributed by atoms with Crippen molar-refractivity contribution in [3.8, 4) is 11.5 Å². The van der Waals surface area contributed by atoms with E-state index in [2.05, 4.69) is 9.97 Å². The van der Waals surface area contributed by atoms with Gasteiger partial charge in [-0.05, 0) is 37.3 Å². The van der Waals surface area contributed by atoms with Crippen LogP contribution in [-0.2, 0) is 0 Å². The van der Waals surface area contributed by atoms with Crippen LogP contribution in [0.4, 0.5) is 0 Å². The molecule has 0 aliphatic heterocycles. The molecule has 0 amide bonds. The second-order valence-corrected chi connectivity index (χ2v) is 4.24. The standard InChI is InChI=1S/C13H9ClN2O/c1-8-5-6-11-13(15-8)17-12(16-11)9-3-2-4-10(14)7-9/h2-7H,1H3. The Hall–Kier alpha value is -1.87. The molecule has 84 valence electrons. The van der Waals surface area contributed by atoms with Gasteiger partial charge in [-0.2, -0.15) is 0 Å². The number of aromatic nitrogens is 2. The van der Waals surface area contributed by atoms with Crippen molar-refractivity contribution in [2.24, 2.45) is 0 Å². The summed E-state index contributed by atoms with van der Waals surface area (Å²) in [4.78, 5) is 8.66. The second-order valence-electron chi connectivity index (χ2n) is 3.81. The SMILES string of the molecule is Cc1ccc2nc(-c3cccc(Cl)c3)oc2n1. The molecule has 0 atom stereocenters. The highest BCUT2D eigenvalue weighted by Crippen LogP contribution is 2.25. The van der Waals surface area contributed by atoms with E-state index in [9.17, 15) is 0 Å². The number of aryl methyl sites for hydroxylation is 1. The molecule has 0 bridgehead atoms. The van der Waals surface area contributed by atoms with E-state index in [1.165, 1.54) is 0 Å². The molecule has 0 saturated heterocycles. The fourth-order valence-electron chi connectivity index (χ4n) is 1.65. The van der Waals surface area contributed by atoms with Crippen LogP contribution < -0.4 is 0 Å². The highest BCUT2D eigenvalue weighted by molar-refractivity contribution is 6.30. The van der Waals surface area contributed by atoms with Crippen molar-refractivity contribution in [3.05, 3.63) is 47.1 Å². The number of hydrogen-bond donors (Lipinski definition) is 0. The van der Waals surface area contributed by atoms with Gasteiger partial charge in [0.1, 0.15) is 5.52 Å². The molecule has 4 heteroatoms. The monoisotopic (exact) mass is 244 g/mol. The molecule has 0 saturated carbocycles. The molecular formula is C13H9ClN2O. The first-order valence-corrected chi connectivity index (χ1v) is 5.60. The average Bonchev–Trinajstić information content (AvgIpc) is 2.72. The molecule has 2 aromatic heterocycles. The Labute approximate surface area is 103 Å². The number of fused-ring (bicyclic) bond motifs is 1. The van der Waals surface area contributed by atoms with Crippen molar-refractivity contribution in [1.29, 1.82) is 0 Å². The van der Waals surface area contributed by atoms with E-state index in [-0.39, 0.29) is 0 Å². The van der Waals surface area contributed by atoms with Crippen LogP contribution in [0.3, 0.4) is 0 Å². The number of pyridine rings is 1. The van der Waals surface area contributed by atoms with Crippen molar-refractivity contribution >= 4 is 22.8 Å². The maximum atomic E-state index is 5.93. The second kappa shape index (κ2) is 3.86. The molecule has 0 unspecified atom stereocenters. The highest BCUT2D eigenvalue weighted by Gasteiger charge is 2.09. The molecule has 2 heterocycles. The van der Waals surface area contributed by atoms with Gasteiger partial charge in [0.2, 0.25) is 11.6 Å². The van der Waals surface area contributed by atoms with Crippen LogP contribution >= 0.6 is 11.6 Å². The molecule has 0 aliphatic rings. The first-order valence-electron chi connectivity index (χ1n) is 5.22. The quantitative estimate of drug-likeness (QED) is 0.653. The molecule has 3 nitrogen and oxygen atoms in total. The number of halogens is 1. The first-order chi connectivity index (χ1) is 8.22. The lowest BCUT2D eigenvalue weighted by atomic mass is 10.2.